The lowest BCUT2D eigenvalue weighted by Gasteiger charge is -2.22. The van der Waals surface area contributed by atoms with Gasteiger partial charge in [0.1, 0.15) is 0 Å². The molecule has 2 amide bonds. The third-order valence-electron chi connectivity index (χ3n) is 3.12. The first-order valence-corrected chi connectivity index (χ1v) is 6.62. The van der Waals surface area contributed by atoms with Crippen molar-refractivity contribution in [3.63, 3.8) is 0 Å². The first-order valence-electron chi connectivity index (χ1n) is 6.62. The van der Waals surface area contributed by atoms with Crippen LogP contribution in [0.4, 0.5) is 0 Å². The molecule has 6 nitrogen and oxygen atoms in total. The third kappa shape index (κ3) is 3.48. The molecule has 3 N–H and O–H groups in total. The van der Waals surface area contributed by atoms with E-state index in [9.17, 15) is 14.7 Å². The molecule has 108 valence electrons. The molecule has 6 heteroatoms. The topological polar surface area (TPSA) is 87.7 Å². The molecule has 1 saturated heterocycles. The number of amides is 2. The van der Waals surface area contributed by atoms with Crippen LogP contribution in [-0.4, -0.2) is 29.6 Å². The molecule has 20 heavy (non-hydrogen) atoms. The molecule has 1 aromatic carbocycles. The van der Waals surface area contributed by atoms with E-state index < -0.39 is 0 Å². The largest absolute Gasteiger partial charge is 0.504 e. The van der Waals surface area contributed by atoms with Crippen LogP contribution in [0.2, 0.25) is 0 Å². The Balaban J connectivity index is 1.95. The molecule has 1 heterocycles. The van der Waals surface area contributed by atoms with Crippen molar-refractivity contribution in [2.75, 3.05) is 6.61 Å². The Morgan fingerprint density at radius 3 is 2.95 bits per heavy atom. The van der Waals surface area contributed by atoms with Gasteiger partial charge in [0.05, 0.1) is 12.6 Å². The average Bonchev–Trinajstić information content (AvgIpc) is 2.41. The minimum Gasteiger partial charge on any atom is -0.504 e. The van der Waals surface area contributed by atoms with Crippen LogP contribution in [0.1, 0.15) is 25.3 Å². The molecule has 1 unspecified atom stereocenters. The quantitative estimate of drug-likeness (QED) is 0.690. The van der Waals surface area contributed by atoms with Gasteiger partial charge in [-0.15, -0.1) is 0 Å². The van der Waals surface area contributed by atoms with Crippen molar-refractivity contribution in [2.45, 2.75) is 32.4 Å². The molecule has 1 aromatic rings. The Labute approximate surface area is 117 Å². The molecule has 1 atom stereocenters. The number of carbonyl (C=O) groups excluding carboxylic acids is 2. The van der Waals surface area contributed by atoms with E-state index in [2.05, 4.69) is 10.6 Å². The Bertz CT molecular complexity index is 516. The van der Waals surface area contributed by atoms with Gasteiger partial charge in [0.15, 0.2) is 11.5 Å². The van der Waals surface area contributed by atoms with E-state index in [0.29, 0.717) is 31.7 Å². The number of carbonyl (C=O) groups is 2. The SMILES string of the molecule is CCOc1cc(CNC2CCC(=O)NC2=O)ccc1O. The lowest BCUT2D eigenvalue weighted by atomic mass is 10.1. The van der Waals surface area contributed by atoms with Gasteiger partial charge in [-0.2, -0.15) is 0 Å². The minimum atomic E-state index is -0.364. The van der Waals surface area contributed by atoms with Gasteiger partial charge in [-0.05, 0) is 31.0 Å². The summed E-state index contributed by atoms with van der Waals surface area (Å²) in [4.78, 5) is 22.6. The Morgan fingerprint density at radius 1 is 1.45 bits per heavy atom. The van der Waals surface area contributed by atoms with Gasteiger partial charge in [-0.1, -0.05) is 6.07 Å². The van der Waals surface area contributed by atoms with E-state index in [1.165, 1.54) is 0 Å². The van der Waals surface area contributed by atoms with Gasteiger partial charge >= 0.3 is 0 Å². The van der Waals surface area contributed by atoms with E-state index in [1.54, 1.807) is 18.2 Å². The molecule has 2 rings (SSSR count). The third-order valence-corrected chi connectivity index (χ3v) is 3.12. The van der Waals surface area contributed by atoms with E-state index in [1.807, 2.05) is 6.92 Å². The second kappa shape index (κ2) is 6.38. The minimum absolute atomic E-state index is 0.0941. The summed E-state index contributed by atoms with van der Waals surface area (Å²) in [5.41, 5.74) is 0.899. The number of aromatic hydroxyl groups is 1. The number of nitrogens with one attached hydrogen (secondary N) is 2. The lowest BCUT2D eigenvalue weighted by Crippen LogP contribution is -2.50. The van der Waals surface area contributed by atoms with Gasteiger partial charge in [0.25, 0.3) is 0 Å². The van der Waals surface area contributed by atoms with Crippen LogP contribution in [0, 0.1) is 0 Å². The monoisotopic (exact) mass is 278 g/mol. The fourth-order valence-corrected chi connectivity index (χ4v) is 2.07. The van der Waals surface area contributed by atoms with Crippen LogP contribution in [0.25, 0.3) is 0 Å². The summed E-state index contributed by atoms with van der Waals surface area (Å²) in [6.07, 6.45) is 0.851. The number of phenolic OH excluding ortho intramolecular Hbond substituents is 1. The number of imide groups is 1. The Morgan fingerprint density at radius 2 is 2.25 bits per heavy atom. The lowest BCUT2D eigenvalue weighted by molar-refractivity contribution is -0.134. The smallest absolute Gasteiger partial charge is 0.243 e. The summed E-state index contributed by atoms with van der Waals surface area (Å²) < 4.78 is 5.30. The Kier molecular flexibility index (Phi) is 4.57. The number of ether oxygens (including phenoxy) is 1. The molecule has 0 saturated carbocycles. The van der Waals surface area contributed by atoms with Crippen molar-refractivity contribution >= 4 is 11.8 Å². The second-order valence-corrected chi connectivity index (χ2v) is 4.62. The highest BCUT2D eigenvalue weighted by atomic mass is 16.5. The van der Waals surface area contributed by atoms with Gasteiger partial charge in [-0.25, -0.2) is 0 Å². The molecule has 0 spiro atoms. The van der Waals surface area contributed by atoms with E-state index in [-0.39, 0.29) is 23.6 Å². The van der Waals surface area contributed by atoms with Crippen LogP contribution in [0.3, 0.4) is 0 Å². The molecular weight excluding hydrogens is 260 g/mol. The zero-order valence-electron chi connectivity index (χ0n) is 11.3. The summed E-state index contributed by atoms with van der Waals surface area (Å²) in [6, 6.07) is 4.69. The van der Waals surface area contributed by atoms with Crippen LogP contribution in [-0.2, 0) is 16.1 Å². The summed E-state index contributed by atoms with van der Waals surface area (Å²) in [5, 5.41) is 15.0. The number of rotatable bonds is 5. The Hall–Kier alpha value is -2.08. The molecule has 1 aliphatic rings. The maximum Gasteiger partial charge on any atom is 0.243 e. The van der Waals surface area contributed by atoms with Gasteiger partial charge < -0.3 is 15.2 Å². The van der Waals surface area contributed by atoms with Crippen molar-refractivity contribution in [1.29, 1.82) is 0 Å². The maximum absolute atomic E-state index is 11.6. The number of phenols is 1. The van der Waals surface area contributed by atoms with Gasteiger partial charge in [0.2, 0.25) is 11.8 Å². The number of hydrogen-bond acceptors (Lipinski definition) is 5. The predicted octanol–water partition coefficient (Wildman–Crippen LogP) is 0.686. The molecule has 0 aromatic heterocycles. The predicted molar refractivity (Wildman–Crippen MR) is 72.3 cm³/mol. The molecule has 1 aliphatic heterocycles. The van der Waals surface area contributed by atoms with E-state index >= 15 is 0 Å². The normalized spacial score (nSPS) is 18.8. The highest BCUT2D eigenvalue weighted by Gasteiger charge is 2.25. The second-order valence-electron chi connectivity index (χ2n) is 4.62. The van der Waals surface area contributed by atoms with Crippen LogP contribution >= 0.6 is 0 Å². The first-order chi connectivity index (χ1) is 9.60. The first kappa shape index (κ1) is 14.3. The summed E-state index contributed by atoms with van der Waals surface area (Å²) in [7, 11) is 0. The molecule has 0 radical (unpaired) electrons. The molecule has 0 aliphatic carbocycles. The summed E-state index contributed by atoms with van der Waals surface area (Å²) in [5.74, 6) is 0.00746. The standard InChI is InChI=1S/C14H18N2O4/c1-2-20-12-7-9(3-5-11(12)17)8-15-10-4-6-13(18)16-14(10)19/h3,5,7,10,15,17H,2,4,6,8H2,1H3,(H,16,18,19). The van der Waals surface area contributed by atoms with Crippen molar-refractivity contribution in [3.05, 3.63) is 23.8 Å². The van der Waals surface area contributed by atoms with Gasteiger partial charge in [-0.3, -0.25) is 14.9 Å². The fourth-order valence-electron chi connectivity index (χ4n) is 2.07. The number of benzene rings is 1. The maximum atomic E-state index is 11.6. The van der Waals surface area contributed by atoms with E-state index in [4.69, 9.17) is 4.74 Å². The fraction of sp³-hybridized carbons (Fsp3) is 0.429. The number of hydrogen-bond donors (Lipinski definition) is 3. The zero-order chi connectivity index (χ0) is 14.5. The van der Waals surface area contributed by atoms with Crippen LogP contribution < -0.4 is 15.4 Å². The van der Waals surface area contributed by atoms with Crippen molar-refractivity contribution in [3.8, 4) is 11.5 Å². The highest BCUT2D eigenvalue weighted by Crippen LogP contribution is 2.26. The number of piperidine rings is 1. The van der Waals surface area contributed by atoms with Crippen molar-refractivity contribution < 1.29 is 19.4 Å². The summed E-state index contributed by atoms with van der Waals surface area (Å²) in [6.45, 7) is 2.78. The van der Waals surface area contributed by atoms with E-state index in [0.717, 1.165) is 5.56 Å². The molecular formula is C14H18N2O4. The summed E-state index contributed by atoms with van der Waals surface area (Å²) >= 11 is 0. The van der Waals surface area contributed by atoms with Gasteiger partial charge in [0, 0.05) is 13.0 Å². The average molecular weight is 278 g/mol. The zero-order valence-corrected chi connectivity index (χ0v) is 11.3. The van der Waals surface area contributed by atoms with Crippen LogP contribution in [0.5, 0.6) is 11.5 Å². The van der Waals surface area contributed by atoms with Crippen LogP contribution in [0.15, 0.2) is 18.2 Å². The molecule has 1 fully saturated rings. The highest BCUT2D eigenvalue weighted by molar-refractivity contribution is 6.00. The van der Waals surface area contributed by atoms with Crippen molar-refractivity contribution in [1.82, 2.24) is 10.6 Å². The van der Waals surface area contributed by atoms with Crippen molar-refractivity contribution in [2.24, 2.45) is 0 Å². The molecule has 0 bridgehead atoms.